The van der Waals surface area contributed by atoms with Crippen molar-refractivity contribution in [3.05, 3.63) is 29.6 Å². The van der Waals surface area contributed by atoms with Gasteiger partial charge in [0.25, 0.3) is 0 Å². The quantitative estimate of drug-likeness (QED) is 0.444. The maximum absolute atomic E-state index is 13.0. The fourth-order valence-electron chi connectivity index (χ4n) is 1.18. The molecule has 0 saturated carbocycles. The van der Waals surface area contributed by atoms with Crippen LogP contribution in [0.15, 0.2) is 18.2 Å². The Kier molecular flexibility index (Phi) is 5.74. The molecular weight excluding hydrogens is 227 g/mol. The number of rotatable bonds is 4. The molecule has 0 saturated heterocycles. The fraction of sp³-hybridized carbons (Fsp3) is 0.385. The van der Waals surface area contributed by atoms with Crippen LogP contribution in [-0.4, -0.2) is 12.5 Å². The molecule has 0 fully saturated rings. The first-order valence-electron chi connectivity index (χ1n) is 5.25. The first-order chi connectivity index (χ1) is 7.77. The molecule has 1 aromatic carbocycles. The number of unbranched alkanes of at least 4 members (excludes halogenated alkanes) is 1. The standard InChI is InChI=1S/C13H14ClFO/c1-2-3-9-16-13-7-6-12(15)10-11(13)5-4-8-14/h6-7,10H,2-3,8-9H2,1H3. The molecule has 0 N–H and O–H groups in total. The smallest absolute Gasteiger partial charge is 0.135 e. The number of hydrogen-bond acceptors (Lipinski definition) is 1. The molecule has 3 heteroatoms. The van der Waals surface area contributed by atoms with Gasteiger partial charge in [0.05, 0.1) is 18.1 Å². The van der Waals surface area contributed by atoms with Crippen LogP contribution in [0.25, 0.3) is 0 Å². The average Bonchev–Trinajstić information content (AvgIpc) is 2.29. The third kappa shape index (κ3) is 4.12. The van der Waals surface area contributed by atoms with Crippen molar-refractivity contribution in [1.29, 1.82) is 0 Å². The highest BCUT2D eigenvalue weighted by Crippen LogP contribution is 2.19. The van der Waals surface area contributed by atoms with Gasteiger partial charge < -0.3 is 4.74 Å². The van der Waals surface area contributed by atoms with Crippen LogP contribution in [0.1, 0.15) is 25.3 Å². The number of benzene rings is 1. The van der Waals surface area contributed by atoms with Gasteiger partial charge in [-0.3, -0.25) is 0 Å². The second-order valence-electron chi connectivity index (χ2n) is 3.28. The van der Waals surface area contributed by atoms with Gasteiger partial charge in [-0.15, -0.1) is 11.6 Å². The van der Waals surface area contributed by atoms with E-state index in [9.17, 15) is 4.39 Å². The van der Waals surface area contributed by atoms with E-state index in [1.807, 2.05) is 0 Å². The van der Waals surface area contributed by atoms with Crippen molar-refractivity contribution in [3.8, 4) is 17.6 Å². The lowest BCUT2D eigenvalue weighted by atomic mass is 10.2. The molecular formula is C13H14ClFO. The van der Waals surface area contributed by atoms with Gasteiger partial charge in [0.2, 0.25) is 0 Å². The number of hydrogen-bond donors (Lipinski definition) is 0. The first kappa shape index (κ1) is 12.9. The second kappa shape index (κ2) is 7.14. The minimum atomic E-state index is -0.318. The molecule has 86 valence electrons. The van der Waals surface area contributed by atoms with Crippen LogP contribution < -0.4 is 4.74 Å². The highest BCUT2D eigenvalue weighted by atomic mass is 35.5. The Labute approximate surface area is 101 Å². The second-order valence-corrected chi connectivity index (χ2v) is 3.55. The third-order valence-corrected chi connectivity index (χ3v) is 2.12. The van der Waals surface area contributed by atoms with Gasteiger partial charge in [-0.05, 0) is 24.6 Å². The predicted molar refractivity (Wildman–Crippen MR) is 64.4 cm³/mol. The normalized spacial score (nSPS) is 9.44. The summed E-state index contributed by atoms with van der Waals surface area (Å²) in [5.74, 6) is 6.00. The van der Waals surface area contributed by atoms with E-state index in [1.165, 1.54) is 12.1 Å². The Hall–Kier alpha value is -1.20. The number of ether oxygens (including phenoxy) is 1. The van der Waals surface area contributed by atoms with Crippen molar-refractivity contribution in [2.24, 2.45) is 0 Å². The monoisotopic (exact) mass is 240 g/mol. The number of halogens is 2. The third-order valence-electron chi connectivity index (χ3n) is 1.99. The zero-order valence-electron chi connectivity index (χ0n) is 9.22. The van der Waals surface area contributed by atoms with E-state index in [-0.39, 0.29) is 11.7 Å². The molecule has 0 aliphatic rings. The van der Waals surface area contributed by atoms with E-state index in [4.69, 9.17) is 16.3 Å². The van der Waals surface area contributed by atoms with Gasteiger partial charge in [-0.25, -0.2) is 4.39 Å². The molecule has 16 heavy (non-hydrogen) atoms. The van der Waals surface area contributed by atoms with Gasteiger partial charge in [0.1, 0.15) is 11.6 Å². The lowest BCUT2D eigenvalue weighted by Crippen LogP contribution is -1.98. The SMILES string of the molecule is CCCCOc1ccc(F)cc1C#CCCl. The lowest BCUT2D eigenvalue weighted by Gasteiger charge is -2.07. The summed E-state index contributed by atoms with van der Waals surface area (Å²) >= 11 is 5.46. The topological polar surface area (TPSA) is 9.23 Å². The summed E-state index contributed by atoms with van der Waals surface area (Å²) in [6.07, 6.45) is 2.03. The highest BCUT2D eigenvalue weighted by molar-refractivity contribution is 6.19. The molecule has 0 aromatic heterocycles. The molecule has 0 bridgehead atoms. The Balaban J connectivity index is 2.80. The Morgan fingerprint density at radius 3 is 2.94 bits per heavy atom. The van der Waals surface area contributed by atoms with E-state index < -0.39 is 0 Å². The van der Waals surface area contributed by atoms with Crippen molar-refractivity contribution in [2.75, 3.05) is 12.5 Å². The first-order valence-corrected chi connectivity index (χ1v) is 5.78. The van der Waals surface area contributed by atoms with Crippen molar-refractivity contribution >= 4 is 11.6 Å². The average molecular weight is 241 g/mol. The molecule has 1 rings (SSSR count). The molecule has 0 aliphatic heterocycles. The van der Waals surface area contributed by atoms with E-state index in [0.717, 1.165) is 12.8 Å². The Morgan fingerprint density at radius 1 is 1.44 bits per heavy atom. The fourth-order valence-corrected chi connectivity index (χ4v) is 1.25. The molecule has 0 amide bonds. The Morgan fingerprint density at radius 2 is 2.25 bits per heavy atom. The van der Waals surface area contributed by atoms with E-state index in [2.05, 4.69) is 18.8 Å². The van der Waals surface area contributed by atoms with Crippen LogP contribution >= 0.6 is 11.6 Å². The van der Waals surface area contributed by atoms with Gasteiger partial charge in [-0.2, -0.15) is 0 Å². The molecule has 0 spiro atoms. The van der Waals surface area contributed by atoms with Gasteiger partial charge in [0.15, 0.2) is 0 Å². The summed E-state index contributed by atoms with van der Waals surface area (Å²) in [7, 11) is 0. The summed E-state index contributed by atoms with van der Waals surface area (Å²) in [5, 5.41) is 0. The molecule has 1 aromatic rings. The number of alkyl halides is 1. The Bertz CT molecular complexity index is 393. The molecule has 0 heterocycles. The van der Waals surface area contributed by atoms with Crippen LogP contribution in [0.4, 0.5) is 4.39 Å². The van der Waals surface area contributed by atoms with Gasteiger partial charge in [0, 0.05) is 0 Å². The minimum Gasteiger partial charge on any atom is -0.492 e. The molecule has 0 unspecified atom stereocenters. The largest absolute Gasteiger partial charge is 0.492 e. The van der Waals surface area contributed by atoms with Crippen LogP contribution in [0.2, 0.25) is 0 Å². The van der Waals surface area contributed by atoms with Crippen molar-refractivity contribution in [2.45, 2.75) is 19.8 Å². The zero-order chi connectivity index (χ0) is 11.8. The van der Waals surface area contributed by atoms with E-state index in [0.29, 0.717) is 17.9 Å². The molecule has 0 radical (unpaired) electrons. The maximum Gasteiger partial charge on any atom is 0.135 e. The van der Waals surface area contributed by atoms with Gasteiger partial charge in [-0.1, -0.05) is 25.2 Å². The van der Waals surface area contributed by atoms with E-state index in [1.54, 1.807) is 6.07 Å². The maximum atomic E-state index is 13.0. The van der Waals surface area contributed by atoms with Crippen LogP contribution in [0.3, 0.4) is 0 Å². The van der Waals surface area contributed by atoms with Crippen molar-refractivity contribution < 1.29 is 9.13 Å². The van der Waals surface area contributed by atoms with Crippen LogP contribution in [0, 0.1) is 17.7 Å². The molecule has 0 atom stereocenters. The van der Waals surface area contributed by atoms with Crippen LogP contribution in [0.5, 0.6) is 5.75 Å². The summed E-state index contributed by atoms with van der Waals surface area (Å²) < 4.78 is 18.5. The van der Waals surface area contributed by atoms with Crippen molar-refractivity contribution in [3.63, 3.8) is 0 Å². The highest BCUT2D eigenvalue weighted by Gasteiger charge is 2.02. The minimum absolute atomic E-state index is 0.227. The molecule has 0 aliphatic carbocycles. The zero-order valence-corrected chi connectivity index (χ0v) is 9.98. The van der Waals surface area contributed by atoms with E-state index >= 15 is 0 Å². The summed E-state index contributed by atoms with van der Waals surface area (Å²) in [6.45, 7) is 2.71. The summed E-state index contributed by atoms with van der Waals surface area (Å²) in [5.41, 5.74) is 0.553. The van der Waals surface area contributed by atoms with Crippen LogP contribution in [-0.2, 0) is 0 Å². The van der Waals surface area contributed by atoms with Crippen molar-refractivity contribution in [1.82, 2.24) is 0 Å². The molecule has 1 nitrogen and oxygen atoms in total. The lowest BCUT2D eigenvalue weighted by molar-refractivity contribution is 0.308. The predicted octanol–water partition coefficient (Wildman–Crippen LogP) is 3.59. The van der Waals surface area contributed by atoms with Gasteiger partial charge >= 0.3 is 0 Å². The summed E-state index contributed by atoms with van der Waals surface area (Å²) in [4.78, 5) is 0. The summed E-state index contributed by atoms with van der Waals surface area (Å²) in [6, 6.07) is 4.33.